The molecule has 0 amide bonds. The fourth-order valence-corrected chi connectivity index (χ4v) is 1.76. The summed E-state index contributed by atoms with van der Waals surface area (Å²) in [5.41, 5.74) is 0.558. The molecule has 0 aliphatic carbocycles. The summed E-state index contributed by atoms with van der Waals surface area (Å²) in [6.07, 6.45) is 0. The maximum atomic E-state index is 13.3. The van der Waals surface area contributed by atoms with Crippen LogP contribution in [0.25, 0.3) is 11.3 Å². The topological polar surface area (TPSA) is 75.4 Å². The van der Waals surface area contributed by atoms with Crippen molar-refractivity contribution in [1.82, 2.24) is 9.78 Å². The van der Waals surface area contributed by atoms with E-state index in [0.29, 0.717) is 11.3 Å². The van der Waals surface area contributed by atoms with E-state index < -0.39 is 17.5 Å². The molecule has 1 aromatic heterocycles. The number of hydrogen-bond acceptors (Lipinski definition) is 3. The van der Waals surface area contributed by atoms with Gasteiger partial charge in [0, 0.05) is 12.6 Å². The number of phenols is 1. The third kappa shape index (κ3) is 2.02. The second kappa shape index (κ2) is 4.30. The lowest BCUT2D eigenvalue weighted by Gasteiger charge is -2.04. The molecular weight excluding hydrogens is 263 g/mol. The number of aromatic carboxylic acids is 1. The first kappa shape index (κ1) is 12.4. The lowest BCUT2D eigenvalue weighted by molar-refractivity contribution is 0.0689. The number of benzene rings is 1. The fraction of sp³-hybridized carbons (Fsp3) is 0.0909. The summed E-state index contributed by atoms with van der Waals surface area (Å²) in [7, 11) is 1.53. The minimum atomic E-state index is -1.18. The van der Waals surface area contributed by atoms with Crippen LogP contribution in [0.3, 0.4) is 0 Å². The van der Waals surface area contributed by atoms with E-state index in [4.69, 9.17) is 16.7 Å². The fourth-order valence-electron chi connectivity index (χ4n) is 1.56. The van der Waals surface area contributed by atoms with Crippen LogP contribution in [0.15, 0.2) is 18.2 Å². The third-order valence-electron chi connectivity index (χ3n) is 2.41. The lowest BCUT2D eigenvalue weighted by Crippen LogP contribution is -1.99. The van der Waals surface area contributed by atoms with Gasteiger partial charge in [-0.05, 0) is 18.2 Å². The van der Waals surface area contributed by atoms with E-state index >= 15 is 0 Å². The molecule has 5 nitrogen and oxygen atoms in total. The van der Waals surface area contributed by atoms with Gasteiger partial charge in [0.05, 0.1) is 10.7 Å². The molecule has 0 bridgehead atoms. The molecule has 0 saturated carbocycles. The van der Waals surface area contributed by atoms with Crippen molar-refractivity contribution in [1.29, 1.82) is 0 Å². The van der Waals surface area contributed by atoms with Crippen LogP contribution in [0.4, 0.5) is 4.39 Å². The predicted molar refractivity (Wildman–Crippen MR) is 62.2 cm³/mol. The molecule has 0 unspecified atom stereocenters. The van der Waals surface area contributed by atoms with Crippen LogP contribution >= 0.6 is 11.6 Å². The number of halogens is 2. The predicted octanol–water partition coefficient (Wildman–Crippen LogP) is 2.28. The Labute approximate surface area is 106 Å². The van der Waals surface area contributed by atoms with Gasteiger partial charge in [0.1, 0.15) is 0 Å². The molecule has 1 aromatic carbocycles. The summed E-state index contributed by atoms with van der Waals surface area (Å²) < 4.78 is 14.6. The van der Waals surface area contributed by atoms with Crippen LogP contribution in [0.1, 0.15) is 10.5 Å². The second-order valence-electron chi connectivity index (χ2n) is 3.63. The summed E-state index contributed by atoms with van der Waals surface area (Å²) in [4.78, 5) is 10.8. The number of carbonyl (C=O) groups is 1. The van der Waals surface area contributed by atoms with Crippen molar-refractivity contribution in [3.05, 3.63) is 34.7 Å². The minimum absolute atomic E-state index is 0.150. The first-order valence-corrected chi connectivity index (χ1v) is 5.23. The highest BCUT2D eigenvalue weighted by Crippen LogP contribution is 2.32. The molecule has 0 saturated heterocycles. The Hall–Kier alpha value is -2.08. The number of phenolic OH excluding ortho intramolecular Hbond substituents is 1. The minimum Gasteiger partial charge on any atom is -0.504 e. The maximum Gasteiger partial charge on any atom is 0.356 e. The molecule has 1 heterocycles. The normalized spacial score (nSPS) is 10.6. The average molecular weight is 271 g/mol. The number of carboxylic acid groups (broad SMARTS) is 1. The molecule has 0 fully saturated rings. The molecule has 94 valence electrons. The van der Waals surface area contributed by atoms with E-state index in [1.54, 1.807) is 0 Å². The van der Waals surface area contributed by atoms with Crippen molar-refractivity contribution >= 4 is 17.6 Å². The molecule has 2 aromatic rings. The Bertz CT molecular complexity index is 616. The summed E-state index contributed by atoms with van der Waals surface area (Å²) in [6, 6.07) is 3.69. The Morgan fingerprint density at radius 2 is 2.11 bits per heavy atom. The first-order chi connectivity index (χ1) is 8.40. The average Bonchev–Trinajstić information content (AvgIpc) is 2.68. The monoisotopic (exact) mass is 270 g/mol. The lowest BCUT2D eigenvalue weighted by atomic mass is 10.1. The summed E-state index contributed by atoms with van der Waals surface area (Å²) in [6.45, 7) is 0. The largest absolute Gasteiger partial charge is 0.504 e. The van der Waals surface area contributed by atoms with Crippen LogP contribution in [-0.4, -0.2) is 26.0 Å². The third-order valence-corrected chi connectivity index (χ3v) is 2.70. The molecule has 0 atom stereocenters. The number of hydrogen-bond donors (Lipinski definition) is 2. The number of aromatic nitrogens is 2. The van der Waals surface area contributed by atoms with Crippen molar-refractivity contribution in [2.75, 3.05) is 0 Å². The Morgan fingerprint density at radius 1 is 1.44 bits per heavy atom. The van der Waals surface area contributed by atoms with Gasteiger partial charge >= 0.3 is 5.97 Å². The molecule has 0 spiro atoms. The summed E-state index contributed by atoms with van der Waals surface area (Å²) >= 11 is 5.65. The zero-order valence-electron chi connectivity index (χ0n) is 9.19. The van der Waals surface area contributed by atoms with E-state index in [2.05, 4.69) is 5.10 Å². The second-order valence-corrected chi connectivity index (χ2v) is 4.04. The van der Waals surface area contributed by atoms with Gasteiger partial charge in [0.15, 0.2) is 17.3 Å². The summed E-state index contributed by atoms with van der Waals surface area (Å²) in [5.74, 6) is -2.70. The smallest absolute Gasteiger partial charge is 0.356 e. The molecular formula is C11H8ClFN2O3. The van der Waals surface area contributed by atoms with Crippen LogP contribution in [0.5, 0.6) is 5.75 Å². The molecule has 7 heteroatoms. The maximum absolute atomic E-state index is 13.3. The first-order valence-electron chi connectivity index (χ1n) is 4.86. The number of aromatic hydroxyl groups is 1. The number of carboxylic acids is 1. The van der Waals surface area contributed by atoms with Gasteiger partial charge < -0.3 is 10.2 Å². The number of rotatable bonds is 2. The van der Waals surface area contributed by atoms with Gasteiger partial charge in [-0.1, -0.05) is 11.6 Å². The molecule has 0 aliphatic heterocycles. The van der Waals surface area contributed by atoms with Gasteiger partial charge in [0.2, 0.25) is 0 Å². The van der Waals surface area contributed by atoms with Crippen LogP contribution in [0.2, 0.25) is 5.02 Å². The molecule has 0 radical (unpaired) electrons. The standard InChI is InChI=1S/C11H8ClFN2O3/c1-15-9(4-8(14-15)11(17)18)5-2-6(12)10(16)7(13)3-5/h2-4,16H,1H3,(H,17,18). The van der Waals surface area contributed by atoms with E-state index in [-0.39, 0.29) is 10.7 Å². The highest BCUT2D eigenvalue weighted by molar-refractivity contribution is 6.32. The van der Waals surface area contributed by atoms with Crippen LogP contribution < -0.4 is 0 Å². The van der Waals surface area contributed by atoms with E-state index in [9.17, 15) is 14.3 Å². The van der Waals surface area contributed by atoms with Crippen molar-refractivity contribution in [3.8, 4) is 17.0 Å². The number of nitrogens with zero attached hydrogens (tertiary/aromatic N) is 2. The van der Waals surface area contributed by atoms with Gasteiger partial charge in [0.25, 0.3) is 0 Å². The molecule has 18 heavy (non-hydrogen) atoms. The molecule has 0 aliphatic rings. The van der Waals surface area contributed by atoms with Crippen molar-refractivity contribution in [2.45, 2.75) is 0 Å². The summed E-state index contributed by atoms with van der Waals surface area (Å²) in [5, 5.41) is 21.6. The van der Waals surface area contributed by atoms with Crippen LogP contribution in [-0.2, 0) is 7.05 Å². The van der Waals surface area contributed by atoms with Gasteiger partial charge in [-0.2, -0.15) is 5.10 Å². The van der Waals surface area contributed by atoms with Gasteiger partial charge in [-0.25, -0.2) is 9.18 Å². The zero-order chi connectivity index (χ0) is 13.4. The quantitative estimate of drug-likeness (QED) is 0.878. The molecule has 2 rings (SSSR count). The SMILES string of the molecule is Cn1nc(C(=O)O)cc1-c1cc(F)c(O)c(Cl)c1. The van der Waals surface area contributed by atoms with E-state index in [1.165, 1.54) is 23.9 Å². The van der Waals surface area contributed by atoms with Gasteiger partial charge in [-0.15, -0.1) is 0 Å². The molecule has 2 N–H and O–H groups in total. The Morgan fingerprint density at radius 3 is 2.61 bits per heavy atom. The van der Waals surface area contributed by atoms with Crippen LogP contribution in [0, 0.1) is 5.82 Å². The van der Waals surface area contributed by atoms with Crippen molar-refractivity contribution in [2.24, 2.45) is 7.05 Å². The zero-order valence-corrected chi connectivity index (χ0v) is 9.94. The van der Waals surface area contributed by atoms with Gasteiger partial charge in [-0.3, -0.25) is 4.68 Å². The van der Waals surface area contributed by atoms with Crippen molar-refractivity contribution in [3.63, 3.8) is 0 Å². The van der Waals surface area contributed by atoms with Crippen molar-refractivity contribution < 1.29 is 19.4 Å². The highest BCUT2D eigenvalue weighted by Gasteiger charge is 2.15. The Kier molecular flexibility index (Phi) is 2.96. The van der Waals surface area contributed by atoms with E-state index in [0.717, 1.165) is 6.07 Å². The Balaban J connectivity index is 2.58. The number of aryl methyl sites for hydroxylation is 1. The highest BCUT2D eigenvalue weighted by atomic mass is 35.5. The van der Waals surface area contributed by atoms with E-state index in [1.807, 2.05) is 0 Å².